The fraction of sp³-hybridized carbons (Fsp3) is 0.289. The van der Waals surface area contributed by atoms with Crippen LogP contribution in [0.25, 0.3) is 6.08 Å². The lowest BCUT2D eigenvalue weighted by molar-refractivity contribution is -0.145. The number of amides is 2. The van der Waals surface area contributed by atoms with Crippen LogP contribution in [0.5, 0.6) is 0 Å². The Kier molecular flexibility index (Phi) is 12.5. The van der Waals surface area contributed by atoms with Gasteiger partial charge in [-0.1, -0.05) is 78.9 Å². The Morgan fingerprint density at radius 3 is 1.88 bits per heavy atom. The average molecular weight is 778 g/mol. The summed E-state index contributed by atoms with van der Waals surface area (Å²) in [6, 6.07) is 36.7. The summed E-state index contributed by atoms with van der Waals surface area (Å²) in [5, 5.41) is 1.97. The monoisotopic (exact) mass is 777 g/mol. The van der Waals surface area contributed by atoms with Gasteiger partial charge in [0.1, 0.15) is 6.04 Å². The van der Waals surface area contributed by atoms with Crippen molar-refractivity contribution in [1.82, 2.24) is 14.7 Å². The second-order valence-electron chi connectivity index (χ2n) is 14.3. The Morgan fingerprint density at radius 1 is 0.679 bits per heavy atom. The molecule has 0 N–H and O–H groups in total. The Morgan fingerprint density at radius 2 is 1.29 bits per heavy atom. The highest BCUT2D eigenvalue weighted by atomic mass is 32.1. The highest BCUT2D eigenvalue weighted by Crippen LogP contribution is 2.29. The molecule has 0 saturated carbocycles. The van der Waals surface area contributed by atoms with E-state index in [1.807, 2.05) is 58.8 Å². The Labute approximate surface area is 330 Å². The first-order valence-corrected chi connectivity index (χ1v) is 19.9. The number of benzene rings is 4. The van der Waals surface area contributed by atoms with E-state index in [1.54, 1.807) is 16.2 Å². The largest absolute Gasteiger partial charge is 0.416 e. The van der Waals surface area contributed by atoms with E-state index < -0.39 is 17.8 Å². The lowest BCUT2D eigenvalue weighted by atomic mass is 10.1. The van der Waals surface area contributed by atoms with Gasteiger partial charge in [0, 0.05) is 94.2 Å². The van der Waals surface area contributed by atoms with Gasteiger partial charge in [-0.2, -0.15) is 13.2 Å². The molecule has 1 aromatic heterocycles. The smallest absolute Gasteiger partial charge is 0.368 e. The van der Waals surface area contributed by atoms with Gasteiger partial charge in [-0.25, -0.2) is 0 Å². The third kappa shape index (κ3) is 10.1. The van der Waals surface area contributed by atoms with Gasteiger partial charge in [0.15, 0.2) is 0 Å². The molecule has 4 aromatic carbocycles. The van der Waals surface area contributed by atoms with E-state index in [-0.39, 0.29) is 18.4 Å². The van der Waals surface area contributed by atoms with Gasteiger partial charge in [-0.3, -0.25) is 14.5 Å². The molecule has 7 nitrogen and oxygen atoms in total. The minimum atomic E-state index is -4.46. The molecule has 290 valence electrons. The molecule has 0 bridgehead atoms. The molecule has 0 spiro atoms. The number of anilines is 2. The molecule has 2 saturated heterocycles. The topological polar surface area (TPSA) is 50.3 Å². The number of para-hydroxylation sites is 1. The van der Waals surface area contributed by atoms with E-state index in [0.29, 0.717) is 25.1 Å². The quantitative estimate of drug-likeness (QED) is 0.120. The van der Waals surface area contributed by atoms with E-state index in [2.05, 4.69) is 63.2 Å². The summed E-state index contributed by atoms with van der Waals surface area (Å²) < 4.78 is 39.7. The Hall–Kier alpha value is -5.39. The van der Waals surface area contributed by atoms with Crippen LogP contribution in [0.15, 0.2) is 133 Å². The standard InChI is InChI=1S/C45H46F3N5O2S/c46-45(47,48)38-18-13-35(14-19-38)17-22-43(54)53(34-37-15-20-40(21-16-37)51-29-27-50(28-30-51)39-10-5-2-6-11-39)42(32-41-12-7-31-56-41)44(55)52-25-23-49(24-26-52)33-36-8-3-1-4-9-36/h1-22,31,42H,23-30,32-34H2/b22-17+/t42-/m0/s1. The van der Waals surface area contributed by atoms with Crippen LogP contribution in [0, 0.1) is 0 Å². The summed E-state index contributed by atoms with van der Waals surface area (Å²) in [6.07, 6.45) is -1.22. The fourth-order valence-electron chi connectivity index (χ4n) is 7.39. The first-order chi connectivity index (χ1) is 27.2. The molecular weight excluding hydrogens is 732 g/mol. The summed E-state index contributed by atoms with van der Waals surface area (Å²) in [5.74, 6) is -0.495. The number of halogens is 3. The summed E-state index contributed by atoms with van der Waals surface area (Å²) in [7, 11) is 0. The second kappa shape index (κ2) is 18.0. The zero-order chi connectivity index (χ0) is 38.9. The van der Waals surface area contributed by atoms with Gasteiger partial charge < -0.3 is 19.6 Å². The zero-order valence-corrected chi connectivity index (χ0v) is 32.0. The third-order valence-corrected chi connectivity index (χ3v) is 11.5. The molecule has 5 aromatic rings. The second-order valence-corrected chi connectivity index (χ2v) is 15.3. The van der Waals surface area contributed by atoms with E-state index in [9.17, 15) is 22.8 Å². The Balaban J connectivity index is 1.10. The van der Waals surface area contributed by atoms with Crippen LogP contribution in [-0.2, 0) is 35.3 Å². The molecule has 0 radical (unpaired) electrons. The molecule has 2 aliphatic rings. The van der Waals surface area contributed by atoms with Gasteiger partial charge in [-0.15, -0.1) is 11.3 Å². The highest BCUT2D eigenvalue weighted by Gasteiger charge is 2.35. The lowest BCUT2D eigenvalue weighted by Crippen LogP contribution is -2.56. The van der Waals surface area contributed by atoms with Gasteiger partial charge in [0.05, 0.1) is 5.56 Å². The number of carbonyl (C=O) groups is 2. The van der Waals surface area contributed by atoms with Crippen molar-refractivity contribution in [2.24, 2.45) is 0 Å². The van der Waals surface area contributed by atoms with Crippen molar-refractivity contribution in [3.63, 3.8) is 0 Å². The van der Waals surface area contributed by atoms with Crippen molar-refractivity contribution in [2.75, 3.05) is 62.2 Å². The maximum Gasteiger partial charge on any atom is 0.416 e. The minimum Gasteiger partial charge on any atom is -0.368 e. The van der Waals surface area contributed by atoms with E-state index in [0.717, 1.165) is 74.1 Å². The molecule has 11 heteroatoms. The van der Waals surface area contributed by atoms with Crippen LogP contribution < -0.4 is 9.80 Å². The maximum atomic E-state index is 14.6. The minimum absolute atomic E-state index is 0.109. The van der Waals surface area contributed by atoms with Crippen LogP contribution >= 0.6 is 11.3 Å². The number of alkyl halides is 3. The zero-order valence-electron chi connectivity index (χ0n) is 31.2. The van der Waals surface area contributed by atoms with E-state index in [4.69, 9.17) is 0 Å². The van der Waals surface area contributed by atoms with E-state index in [1.165, 1.54) is 35.5 Å². The highest BCUT2D eigenvalue weighted by molar-refractivity contribution is 7.09. The number of rotatable bonds is 12. The number of thiophene rings is 1. The van der Waals surface area contributed by atoms with E-state index >= 15 is 0 Å². The maximum absolute atomic E-state index is 14.6. The number of carbonyl (C=O) groups excluding carboxylic acids is 2. The Bertz CT molecular complexity index is 2030. The molecule has 2 amide bonds. The van der Waals surface area contributed by atoms with Crippen molar-refractivity contribution in [2.45, 2.75) is 31.7 Å². The predicted octanol–water partition coefficient (Wildman–Crippen LogP) is 8.09. The molecule has 0 unspecified atom stereocenters. The third-order valence-electron chi connectivity index (χ3n) is 10.6. The first-order valence-electron chi connectivity index (χ1n) is 19.1. The first kappa shape index (κ1) is 38.9. The number of piperazine rings is 2. The van der Waals surface area contributed by atoms with Crippen molar-refractivity contribution >= 4 is 40.6 Å². The molecule has 0 aliphatic carbocycles. The molecular formula is C45H46F3N5O2S. The van der Waals surface area contributed by atoms with Gasteiger partial charge >= 0.3 is 6.18 Å². The van der Waals surface area contributed by atoms with Crippen LogP contribution in [0.2, 0.25) is 0 Å². The molecule has 56 heavy (non-hydrogen) atoms. The molecule has 7 rings (SSSR count). The summed E-state index contributed by atoms with van der Waals surface area (Å²) in [5.41, 5.74) is 4.12. The van der Waals surface area contributed by atoms with Gasteiger partial charge in [0.2, 0.25) is 11.8 Å². The van der Waals surface area contributed by atoms with Gasteiger partial charge in [-0.05, 0) is 70.6 Å². The predicted molar refractivity (Wildman–Crippen MR) is 218 cm³/mol. The normalized spacial score (nSPS) is 15.9. The molecule has 2 fully saturated rings. The van der Waals surface area contributed by atoms with Crippen molar-refractivity contribution in [1.29, 1.82) is 0 Å². The molecule has 1 atom stereocenters. The van der Waals surface area contributed by atoms with Crippen LogP contribution in [-0.4, -0.2) is 84.9 Å². The summed E-state index contributed by atoms with van der Waals surface area (Å²) >= 11 is 1.55. The summed E-state index contributed by atoms with van der Waals surface area (Å²) in [4.78, 5) is 40.5. The van der Waals surface area contributed by atoms with Crippen molar-refractivity contribution < 1.29 is 22.8 Å². The lowest BCUT2D eigenvalue weighted by Gasteiger charge is -2.39. The number of hydrogen-bond acceptors (Lipinski definition) is 6. The molecule has 2 aliphatic heterocycles. The van der Waals surface area contributed by atoms with Crippen molar-refractivity contribution in [3.05, 3.63) is 160 Å². The average Bonchev–Trinajstić information content (AvgIpc) is 3.76. The number of hydrogen-bond donors (Lipinski definition) is 0. The number of nitrogens with zero attached hydrogens (tertiary/aromatic N) is 5. The SMILES string of the molecule is O=C([C@H](Cc1cccs1)N(Cc1ccc(N2CCN(c3ccccc3)CC2)cc1)C(=O)/C=C/c1ccc(C(F)(F)F)cc1)N1CCN(Cc2ccccc2)CC1. The van der Waals surface area contributed by atoms with Crippen LogP contribution in [0.4, 0.5) is 24.5 Å². The molecule has 3 heterocycles. The van der Waals surface area contributed by atoms with Gasteiger partial charge in [0.25, 0.3) is 0 Å². The van der Waals surface area contributed by atoms with Crippen molar-refractivity contribution in [3.8, 4) is 0 Å². The van der Waals surface area contributed by atoms with Crippen LogP contribution in [0.3, 0.4) is 0 Å². The van der Waals surface area contributed by atoms with Crippen LogP contribution in [0.1, 0.15) is 27.1 Å². The summed E-state index contributed by atoms with van der Waals surface area (Å²) in [6.45, 7) is 7.09. The fourth-order valence-corrected chi connectivity index (χ4v) is 8.13.